The number of halogens is 2. The molecule has 1 amide bonds. The quantitative estimate of drug-likeness (QED) is 0.757. The van der Waals surface area contributed by atoms with Crippen LogP contribution in [0.15, 0.2) is 18.2 Å². The summed E-state index contributed by atoms with van der Waals surface area (Å²) < 4.78 is 0. The molecule has 2 unspecified atom stereocenters. The van der Waals surface area contributed by atoms with Crippen LogP contribution in [-0.4, -0.2) is 47.1 Å². The Morgan fingerprint density at radius 2 is 1.96 bits per heavy atom. The Labute approximate surface area is 157 Å². The Hall–Kier alpha value is -1.30. The summed E-state index contributed by atoms with van der Waals surface area (Å²) in [6.07, 6.45) is 2.47. The highest BCUT2D eigenvalue weighted by molar-refractivity contribution is 6.42. The first-order valence-electron chi connectivity index (χ1n) is 8.60. The molecule has 2 aliphatic carbocycles. The molecule has 1 aromatic carbocycles. The maximum absolute atomic E-state index is 12.4. The van der Waals surface area contributed by atoms with Gasteiger partial charge in [0.15, 0.2) is 0 Å². The van der Waals surface area contributed by atoms with Gasteiger partial charge in [0.25, 0.3) is 0 Å². The normalized spacial score (nSPS) is 27.7. The molecule has 2 N–H and O–H groups in total. The van der Waals surface area contributed by atoms with E-state index >= 15 is 0 Å². The third kappa shape index (κ3) is 4.27. The highest BCUT2D eigenvalue weighted by Crippen LogP contribution is 2.48. The Morgan fingerprint density at radius 3 is 2.56 bits per heavy atom. The second kappa shape index (κ2) is 7.52. The lowest BCUT2D eigenvalue weighted by Gasteiger charge is -2.42. The summed E-state index contributed by atoms with van der Waals surface area (Å²) in [5.41, 5.74) is 1.06. The number of carboxylic acid groups (broad SMARTS) is 1. The van der Waals surface area contributed by atoms with Crippen LogP contribution < -0.4 is 5.32 Å². The monoisotopic (exact) mass is 384 g/mol. The van der Waals surface area contributed by atoms with Crippen molar-refractivity contribution >= 4 is 35.1 Å². The van der Waals surface area contributed by atoms with E-state index in [1.807, 2.05) is 24.0 Å². The molecule has 0 radical (unpaired) electrons. The Morgan fingerprint density at radius 1 is 1.24 bits per heavy atom. The average molecular weight is 385 g/mol. The second-order valence-electron chi connectivity index (χ2n) is 6.91. The second-order valence-corrected chi connectivity index (χ2v) is 7.72. The van der Waals surface area contributed by atoms with E-state index in [1.165, 1.54) is 0 Å². The largest absolute Gasteiger partial charge is 0.480 e. The van der Waals surface area contributed by atoms with Crippen molar-refractivity contribution in [3.8, 4) is 0 Å². The number of benzene rings is 1. The first-order chi connectivity index (χ1) is 11.9. The van der Waals surface area contributed by atoms with Crippen molar-refractivity contribution in [2.75, 3.05) is 13.1 Å². The number of aliphatic carboxylic acids is 1. The molecular weight excluding hydrogens is 363 g/mol. The molecule has 7 heteroatoms. The van der Waals surface area contributed by atoms with Crippen LogP contribution in [0.2, 0.25) is 10.0 Å². The molecule has 25 heavy (non-hydrogen) atoms. The van der Waals surface area contributed by atoms with Crippen molar-refractivity contribution in [3.05, 3.63) is 33.8 Å². The van der Waals surface area contributed by atoms with Crippen molar-refractivity contribution in [1.29, 1.82) is 0 Å². The van der Waals surface area contributed by atoms with Crippen molar-refractivity contribution in [2.24, 2.45) is 5.92 Å². The Kier molecular flexibility index (Phi) is 5.56. The third-order valence-electron chi connectivity index (χ3n) is 5.22. The fourth-order valence-electron chi connectivity index (χ4n) is 3.58. The number of nitrogens with zero attached hydrogens (tertiary/aromatic N) is 1. The minimum Gasteiger partial charge on any atom is -0.480 e. The van der Waals surface area contributed by atoms with E-state index in [-0.39, 0.29) is 36.4 Å². The molecule has 5 nitrogen and oxygen atoms in total. The fourth-order valence-corrected chi connectivity index (χ4v) is 3.89. The van der Waals surface area contributed by atoms with Crippen LogP contribution in [0.3, 0.4) is 0 Å². The van der Waals surface area contributed by atoms with Crippen LogP contribution >= 0.6 is 23.2 Å². The van der Waals surface area contributed by atoms with Gasteiger partial charge in [0.2, 0.25) is 5.91 Å². The summed E-state index contributed by atoms with van der Waals surface area (Å²) in [5.74, 6) is -0.514. The van der Waals surface area contributed by atoms with Gasteiger partial charge in [-0.15, -0.1) is 0 Å². The minimum atomic E-state index is -0.809. The standard InChI is InChI=1S/C18H22Cl2N2O3/c1-2-22(9-17(23)24)12-6-11(7-12)21-18(25)14-8-13(14)10-3-4-15(19)16(20)5-10/h3-5,11-14H,2,6-9H2,1H3,(H,21,25)(H,23,24). The van der Waals surface area contributed by atoms with Gasteiger partial charge in [-0.3, -0.25) is 14.5 Å². The van der Waals surface area contributed by atoms with Crippen LogP contribution in [0.25, 0.3) is 0 Å². The topological polar surface area (TPSA) is 69.6 Å². The minimum absolute atomic E-state index is 0.00223. The van der Waals surface area contributed by atoms with E-state index < -0.39 is 5.97 Å². The maximum atomic E-state index is 12.4. The van der Waals surface area contributed by atoms with E-state index in [2.05, 4.69) is 5.32 Å². The van der Waals surface area contributed by atoms with Gasteiger partial charge in [-0.2, -0.15) is 0 Å². The molecule has 2 saturated carbocycles. The van der Waals surface area contributed by atoms with Crippen molar-refractivity contribution in [3.63, 3.8) is 0 Å². The van der Waals surface area contributed by atoms with Crippen molar-refractivity contribution in [1.82, 2.24) is 10.2 Å². The molecular formula is C18H22Cl2N2O3. The number of hydrogen-bond acceptors (Lipinski definition) is 3. The van der Waals surface area contributed by atoms with Gasteiger partial charge in [-0.05, 0) is 49.4 Å². The van der Waals surface area contributed by atoms with E-state index in [0.717, 1.165) is 24.8 Å². The summed E-state index contributed by atoms with van der Waals surface area (Å²) in [5, 5.41) is 13.1. The molecule has 2 fully saturated rings. The van der Waals surface area contributed by atoms with Crippen LogP contribution in [0, 0.1) is 5.92 Å². The van der Waals surface area contributed by atoms with Gasteiger partial charge in [-0.25, -0.2) is 0 Å². The highest BCUT2D eigenvalue weighted by Gasteiger charge is 2.45. The number of hydrogen-bond donors (Lipinski definition) is 2. The number of carbonyl (C=O) groups is 2. The summed E-state index contributed by atoms with van der Waals surface area (Å²) >= 11 is 12.0. The van der Waals surface area contributed by atoms with Crippen LogP contribution in [0.5, 0.6) is 0 Å². The smallest absolute Gasteiger partial charge is 0.317 e. The predicted molar refractivity (Wildman–Crippen MR) is 97.1 cm³/mol. The third-order valence-corrected chi connectivity index (χ3v) is 5.96. The molecule has 136 valence electrons. The summed E-state index contributed by atoms with van der Waals surface area (Å²) in [6, 6.07) is 5.93. The first kappa shape index (κ1) is 18.5. The molecule has 0 spiro atoms. The van der Waals surface area contributed by atoms with Crippen LogP contribution in [0.1, 0.15) is 37.7 Å². The molecule has 0 bridgehead atoms. The van der Waals surface area contributed by atoms with Crippen molar-refractivity contribution in [2.45, 2.75) is 44.2 Å². The number of carboxylic acids is 1. The Balaban J connectivity index is 1.46. The van der Waals surface area contributed by atoms with E-state index in [0.29, 0.717) is 16.6 Å². The van der Waals surface area contributed by atoms with Gasteiger partial charge < -0.3 is 10.4 Å². The lowest BCUT2D eigenvalue weighted by Crippen LogP contribution is -2.55. The molecule has 2 atom stereocenters. The van der Waals surface area contributed by atoms with E-state index in [9.17, 15) is 9.59 Å². The molecule has 2 aliphatic rings. The molecule has 3 rings (SSSR count). The molecule has 0 aliphatic heterocycles. The summed E-state index contributed by atoms with van der Waals surface area (Å²) in [7, 11) is 0. The average Bonchev–Trinajstić information content (AvgIpc) is 3.31. The number of likely N-dealkylation sites (N-methyl/N-ethyl adjacent to an activating group) is 1. The van der Waals surface area contributed by atoms with Gasteiger partial charge in [0, 0.05) is 18.0 Å². The molecule has 0 saturated heterocycles. The number of rotatable bonds is 7. The summed E-state index contributed by atoms with van der Waals surface area (Å²) in [4.78, 5) is 25.2. The molecule has 1 aromatic rings. The lowest BCUT2D eigenvalue weighted by atomic mass is 9.85. The zero-order valence-electron chi connectivity index (χ0n) is 14.0. The number of carbonyl (C=O) groups excluding carboxylic acids is 1. The Bertz CT molecular complexity index is 676. The highest BCUT2D eigenvalue weighted by atomic mass is 35.5. The van der Waals surface area contributed by atoms with Gasteiger partial charge in [0.1, 0.15) is 0 Å². The number of amides is 1. The SMILES string of the molecule is CCN(CC(=O)O)C1CC(NC(=O)C2CC2c2ccc(Cl)c(Cl)c2)C1. The maximum Gasteiger partial charge on any atom is 0.317 e. The van der Waals surface area contributed by atoms with Crippen LogP contribution in [0.4, 0.5) is 0 Å². The molecule has 0 heterocycles. The molecule has 0 aromatic heterocycles. The van der Waals surface area contributed by atoms with Crippen LogP contribution in [-0.2, 0) is 9.59 Å². The van der Waals surface area contributed by atoms with Crippen molar-refractivity contribution < 1.29 is 14.7 Å². The predicted octanol–water partition coefficient (Wildman–Crippen LogP) is 3.15. The van der Waals surface area contributed by atoms with E-state index in [1.54, 1.807) is 6.07 Å². The first-order valence-corrected chi connectivity index (χ1v) is 9.35. The zero-order chi connectivity index (χ0) is 18.1. The van der Waals surface area contributed by atoms with E-state index in [4.69, 9.17) is 28.3 Å². The fraction of sp³-hybridized carbons (Fsp3) is 0.556. The van der Waals surface area contributed by atoms with Gasteiger partial charge in [0.05, 0.1) is 16.6 Å². The van der Waals surface area contributed by atoms with Gasteiger partial charge in [-0.1, -0.05) is 36.2 Å². The number of nitrogens with one attached hydrogen (secondary N) is 1. The van der Waals surface area contributed by atoms with Gasteiger partial charge >= 0.3 is 5.97 Å². The summed E-state index contributed by atoms with van der Waals surface area (Å²) in [6.45, 7) is 2.73. The lowest BCUT2D eigenvalue weighted by molar-refractivity contribution is -0.139. The zero-order valence-corrected chi connectivity index (χ0v) is 15.6.